The van der Waals surface area contributed by atoms with Crippen molar-refractivity contribution in [2.45, 2.75) is 13.8 Å². The zero-order valence-electron chi connectivity index (χ0n) is 14.6. The molecule has 0 saturated heterocycles. The lowest BCUT2D eigenvalue weighted by Crippen LogP contribution is -1.95. The van der Waals surface area contributed by atoms with Crippen LogP contribution < -0.4 is 0 Å². The normalized spacial score (nSPS) is 11.0. The van der Waals surface area contributed by atoms with E-state index in [1.807, 2.05) is 18.2 Å². The summed E-state index contributed by atoms with van der Waals surface area (Å²) in [5.74, 6) is -0.922. The molecule has 26 heavy (non-hydrogen) atoms. The molecular weight excluding hydrogens is 324 g/mol. The Kier molecular flexibility index (Phi) is 3.81. The molecule has 0 radical (unpaired) electrons. The van der Waals surface area contributed by atoms with Gasteiger partial charge in [0.25, 0.3) is 0 Å². The molecule has 4 aromatic rings. The maximum absolute atomic E-state index is 11.0. The minimum atomic E-state index is -0.922. The van der Waals surface area contributed by atoms with E-state index in [1.54, 1.807) is 24.3 Å². The first-order valence-corrected chi connectivity index (χ1v) is 8.43. The molecule has 2 aromatic carbocycles. The van der Waals surface area contributed by atoms with Crippen molar-refractivity contribution in [3.8, 4) is 22.6 Å². The molecule has 4 heteroatoms. The summed E-state index contributed by atoms with van der Waals surface area (Å²) < 4.78 is 0. The fourth-order valence-electron chi connectivity index (χ4n) is 3.15. The first-order valence-electron chi connectivity index (χ1n) is 8.43. The zero-order chi connectivity index (χ0) is 18.3. The molecule has 0 unspecified atom stereocenters. The monoisotopic (exact) mass is 342 g/mol. The number of carboxylic acid groups (broad SMARTS) is 1. The lowest BCUT2D eigenvalue weighted by Gasteiger charge is -2.07. The van der Waals surface area contributed by atoms with Gasteiger partial charge >= 0.3 is 5.97 Å². The molecular formula is C22H18N2O2. The SMILES string of the molecule is Cc1ccc(C)c2nc(-c3ccc(-c4ccc(C(=O)O)cc4)[nH]3)ccc12. The van der Waals surface area contributed by atoms with Crippen LogP contribution in [0.1, 0.15) is 21.5 Å². The van der Waals surface area contributed by atoms with E-state index in [-0.39, 0.29) is 5.56 Å². The van der Waals surface area contributed by atoms with Gasteiger partial charge in [-0.1, -0.05) is 30.3 Å². The van der Waals surface area contributed by atoms with E-state index in [9.17, 15) is 4.79 Å². The number of hydrogen-bond acceptors (Lipinski definition) is 2. The highest BCUT2D eigenvalue weighted by molar-refractivity contribution is 5.88. The molecule has 0 atom stereocenters. The van der Waals surface area contributed by atoms with Crippen molar-refractivity contribution < 1.29 is 9.90 Å². The number of pyridine rings is 1. The van der Waals surface area contributed by atoms with Gasteiger partial charge in [0.15, 0.2) is 0 Å². The number of fused-ring (bicyclic) bond motifs is 1. The molecule has 2 N–H and O–H groups in total. The van der Waals surface area contributed by atoms with E-state index in [1.165, 1.54) is 10.9 Å². The molecule has 0 amide bonds. The largest absolute Gasteiger partial charge is 0.478 e. The van der Waals surface area contributed by atoms with Crippen LogP contribution in [0, 0.1) is 13.8 Å². The number of aromatic carboxylic acids is 1. The Labute approximate surface area is 151 Å². The number of carbonyl (C=O) groups is 1. The van der Waals surface area contributed by atoms with Gasteiger partial charge in [0.1, 0.15) is 0 Å². The number of hydrogen-bond donors (Lipinski definition) is 2. The predicted octanol–water partition coefficient (Wildman–Crippen LogP) is 5.21. The molecule has 0 fully saturated rings. The Morgan fingerprint density at radius 1 is 0.846 bits per heavy atom. The average molecular weight is 342 g/mol. The maximum Gasteiger partial charge on any atom is 0.335 e. The highest BCUT2D eigenvalue weighted by Crippen LogP contribution is 2.27. The second kappa shape index (κ2) is 6.15. The van der Waals surface area contributed by atoms with Crippen LogP contribution in [-0.2, 0) is 0 Å². The molecule has 128 valence electrons. The van der Waals surface area contributed by atoms with Gasteiger partial charge in [-0.15, -0.1) is 0 Å². The molecule has 0 aliphatic carbocycles. The number of nitrogens with one attached hydrogen (secondary N) is 1. The molecule has 0 bridgehead atoms. The first kappa shape index (κ1) is 16.1. The molecule has 0 spiro atoms. The topological polar surface area (TPSA) is 66.0 Å². The second-order valence-electron chi connectivity index (χ2n) is 6.46. The van der Waals surface area contributed by atoms with E-state index in [2.05, 4.69) is 37.0 Å². The highest BCUT2D eigenvalue weighted by Gasteiger charge is 2.09. The van der Waals surface area contributed by atoms with Crippen LogP contribution in [0.3, 0.4) is 0 Å². The molecule has 4 nitrogen and oxygen atoms in total. The second-order valence-corrected chi connectivity index (χ2v) is 6.46. The Hall–Kier alpha value is -3.40. The summed E-state index contributed by atoms with van der Waals surface area (Å²) in [6.45, 7) is 4.17. The first-order chi connectivity index (χ1) is 12.5. The number of aromatic amines is 1. The third-order valence-corrected chi connectivity index (χ3v) is 4.68. The van der Waals surface area contributed by atoms with Crippen molar-refractivity contribution in [2.24, 2.45) is 0 Å². The van der Waals surface area contributed by atoms with Crippen molar-refractivity contribution in [1.29, 1.82) is 0 Å². The van der Waals surface area contributed by atoms with Gasteiger partial charge in [-0.05, 0) is 60.9 Å². The Morgan fingerprint density at radius 3 is 2.27 bits per heavy atom. The van der Waals surface area contributed by atoms with E-state index in [0.717, 1.165) is 33.7 Å². The van der Waals surface area contributed by atoms with Crippen molar-refractivity contribution in [3.05, 3.63) is 77.4 Å². The average Bonchev–Trinajstić information content (AvgIpc) is 3.15. The van der Waals surface area contributed by atoms with Crippen molar-refractivity contribution in [1.82, 2.24) is 9.97 Å². The van der Waals surface area contributed by atoms with Crippen LogP contribution in [0.25, 0.3) is 33.5 Å². The van der Waals surface area contributed by atoms with Crippen LogP contribution in [0.2, 0.25) is 0 Å². The van der Waals surface area contributed by atoms with Gasteiger partial charge in [0.2, 0.25) is 0 Å². The molecule has 0 aliphatic heterocycles. The minimum absolute atomic E-state index is 0.280. The molecule has 2 heterocycles. The van der Waals surface area contributed by atoms with Crippen LogP contribution in [0.5, 0.6) is 0 Å². The number of benzene rings is 2. The van der Waals surface area contributed by atoms with Gasteiger partial charge in [-0.3, -0.25) is 0 Å². The van der Waals surface area contributed by atoms with Crippen LogP contribution in [-0.4, -0.2) is 21.0 Å². The van der Waals surface area contributed by atoms with Gasteiger partial charge in [-0.25, -0.2) is 9.78 Å². The van der Waals surface area contributed by atoms with E-state index < -0.39 is 5.97 Å². The fraction of sp³-hybridized carbons (Fsp3) is 0.0909. The summed E-state index contributed by atoms with van der Waals surface area (Å²) in [5.41, 5.74) is 7.37. The highest BCUT2D eigenvalue weighted by atomic mass is 16.4. The van der Waals surface area contributed by atoms with Crippen molar-refractivity contribution >= 4 is 16.9 Å². The summed E-state index contributed by atoms with van der Waals surface area (Å²) >= 11 is 0. The molecule has 4 rings (SSSR count). The Bertz CT molecular complexity index is 1120. The third-order valence-electron chi connectivity index (χ3n) is 4.68. The quantitative estimate of drug-likeness (QED) is 0.537. The summed E-state index contributed by atoms with van der Waals surface area (Å²) in [6, 6.07) is 19.2. The summed E-state index contributed by atoms with van der Waals surface area (Å²) in [4.78, 5) is 19.2. The summed E-state index contributed by atoms with van der Waals surface area (Å²) in [7, 11) is 0. The van der Waals surface area contributed by atoms with Gasteiger partial charge in [0.05, 0.1) is 22.5 Å². The molecule has 0 aliphatic rings. The number of aromatic nitrogens is 2. The van der Waals surface area contributed by atoms with E-state index in [0.29, 0.717) is 0 Å². The van der Waals surface area contributed by atoms with Crippen LogP contribution in [0.4, 0.5) is 0 Å². The van der Waals surface area contributed by atoms with Gasteiger partial charge in [0, 0.05) is 11.1 Å². The fourth-order valence-corrected chi connectivity index (χ4v) is 3.15. The number of nitrogens with zero attached hydrogens (tertiary/aromatic N) is 1. The standard InChI is InChI=1S/C22H18N2O2/c1-13-3-4-14(2)21-17(13)9-10-20(24-21)19-12-11-18(23-19)15-5-7-16(8-6-15)22(25)26/h3-12,23H,1-2H3,(H,25,26). The Balaban J connectivity index is 1.73. The van der Waals surface area contributed by atoms with Crippen LogP contribution in [0.15, 0.2) is 60.7 Å². The Morgan fingerprint density at radius 2 is 1.54 bits per heavy atom. The lowest BCUT2D eigenvalue weighted by molar-refractivity contribution is 0.0697. The number of H-pyrrole nitrogens is 1. The van der Waals surface area contributed by atoms with Crippen LogP contribution >= 0.6 is 0 Å². The third kappa shape index (κ3) is 2.75. The number of carboxylic acids is 1. The zero-order valence-corrected chi connectivity index (χ0v) is 14.6. The number of rotatable bonds is 3. The van der Waals surface area contributed by atoms with E-state index >= 15 is 0 Å². The molecule has 2 aromatic heterocycles. The maximum atomic E-state index is 11.0. The smallest absolute Gasteiger partial charge is 0.335 e. The summed E-state index contributed by atoms with van der Waals surface area (Å²) in [6.07, 6.45) is 0. The summed E-state index contributed by atoms with van der Waals surface area (Å²) in [5, 5.41) is 10.2. The lowest BCUT2D eigenvalue weighted by atomic mass is 10.0. The van der Waals surface area contributed by atoms with Gasteiger partial charge in [-0.2, -0.15) is 0 Å². The minimum Gasteiger partial charge on any atom is -0.478 e. The van der Waals surface area contributed by atoms with Crippen molar-refractivity contribution in [2.75, 3.05) is 0 Å². The van der Waals surface area contributed by atoms with Crippen molar-refractivity contribution in [3.63, 3.8) is 0 Å². The molecule has 0 saturated carbocycles. The predicted molar refractivity (Wildman–Crippen MR) is 103 cm³/mol. The number of aryl methyl sites for hydroxylation is 2. The van der Waals surface area contributed by atoms with E-state index in [4.69, 9.17) is 10.1 Å². The van der Waals surface area contributed by atoms with Gasteiger partial charge < -0.3 is 10.1 Å².